The molecular formula is C19H21F4N3O3. The molecular weight excluding hydrogens is 394 g/mol. The van der Waals surface area contributed by atoms with Crippen LogP contribution in [0.3, 0.4) is 0 Å². The van der Waals surface area contributed by atoms with Gasteiger partial charge in [0.25, 0.3) is 5.91 Å². The number of rotatable bonds is 8. The van der Waals surface area contributed by atoms with Gasteiger partial charge >= 0.3 is 6.18 Å². The van der Waals surface area contributed by atoms with Crippen molar-refractivity contribution in [2.75, 3.05) is 26.4 Å². The van der Waals surface area contributed by atoms with Crippen molar-refractivity contribution in [1.82, 2.24) is 15.1 Å². The minimum atomic E-state index is -4.89. The van der Waals surface area contributed by atoms with Gasteiger partial charge in [-0.15, -0.1) is 0 Å². The van der Waals surface area contributed by atoms with E-state index in [4.69, 9.17) is 9.47 Å². The monoisotopic (exact) mass is 415 g/mol. The highest BCUT2D eigenvalue weighted by atomic mass is 19.4. The number of para-hydroxylation sites is 1. The second-order valence-electron chi connectivity index (χ2n) is 6.59. The molecule has 0 spiro atoms. The summed E-state index contributed by atoms with van der Waals surface area (Å²) < 4.78 is 65.9. The molecule has 1 aromatic heterocycles. The van der Waals surface area contributed by atoms with Crippen molar-refractivity contribution in [3.05, 3.63) is 47.5 Å². The molecule has 6 nitrogen and oxygen atoms in total. The molecule has 0 radical (unpaired) electrons. The van der Waals surface area contributed by atoms with E-state index in [1.54, 1.807) is 0 Å². The molecule has 1 aliphatic rings. The first kappa shape index (κ1) is 21.3. The maximum Gasteiger partial charge on any atom is 0.434 e. The van der Waals surface area contributed by atoms with Crippen molar-refractivity contribution >= 4 is 5.91 Å². The summed E-state index contributed by atoms with van der Waals surface area (Å²) in [6.45, 7) is 1.67. The number of nitrogens with zero attached hydrogens (tertiary/aromatic N) is 2. The van der Waals surface area contributed by atoms with Crippen LogP contribution in [0.25, 0.3) is 5.69 Å². The third kappa shape index (κ3) is 5.33. The molecule has 2 aromatic rings. The first-order chi connectivity index (χ1) is 13.9. The number of nitrogens with one attached hydrogen (secondary N) is 1. The van der Waals surface area contributed by atoms with E-state index in [0.717, 1.165) is 37.8 Å². The smallest absolute Gasteiger partial charge is 0.379 e. The van der Waals surface area contributed by atoms with Crippen molar-refractivity contribution in [3.63, 3.8) is 0 Å². The third-order valence-electron chi connectivity index (χ3n) is 4.44. The van der Waals surface area contributed by atoms with Crippen LogP contribution in [0.5, 0.6) is 0 Å². The van der Waals surface area contributed by atoms with Crippen LogP contribution >= 0.6 is 0 Å². The Morgan fingerprint density at radius 3 is 2.83 bits per heavy atom. The normalized spacial score (nSPS) is 16.9. The van der Waals surface area contributed by atoms with Crippen LogP contribution in [0.4, 0.5) is 17.6 Å². The minimum Gasteiger partial charge on any atom is -0.379 e. The number of alkyl halides is 3. The van der Waals surface area contributed by atoms with E-state index < -0.39 is 29.2 Å². The van der Waals surface area contributed by atoms with E-state index in [2.05, 4.69) is 10.4 Å². The predicted octanol–water partition coefficient (Wildman–Crippen LogP) is 3.35. The minimum absolute atomic E-state index is 0.0863. The predicted molar refractivity (Wildman–Crippen MR) is 95.3 cm³/mol. The lowest BCUT2D eigenvalue weighted by molar-refractivity contribution is -0.143. The molecule has 0 bridgehead atoms. The Bertz CT molecular complexity index is 832. The summed E-state index contributed by atoms with van der Waals surface area (Å²) in [4.78, 5) is 12.3. The van der Waals surface area contributed by atoms with Gasteiger partial charge in [-0.3, -0.25) is 4.79 Å². The number of hydrogen-bond acceptors (Lipinski definition) is 4. The lowest BCUT2D eigenvalue weighted by Gasteiger charge is -2.13. The van der Waals surface area contributed by atoms with Gasteiger partial charge in [0.05, 0.1) is 24.5 Å². The molecule has 10 heteroatoms. The zero-order chi connectivity index (χ0) is 20.9. The molecule has 0 aliphatic carbocycles. The van der Waals surface area contributed by atoms with Gasteiger partial charge in [-0.2, -0.15) is 18.3 Å². The Hall–Kier alpha value is -2.46. The van der Waals surface area contributed by atoms with E-state index in [-0.39, 0.29) is 18.3 Å². The highest BCUT2D eigenvalue weighted by molar-refractivity contribution is 5.95. The van der Waals surface area contributed by atoms with Gasteiger partial charge in [0.15, 0.2) is 5.69 Å². The van der Waals surface area contributed by atoms with Crippen molar-refractivity contribution < 1.29 is 31.8 Å². The SMILES string of the molecule is O=C(NCCCOCC1CCCO1)c1cnn(-c2ccccc2F)c1C(F)(F)F. The van der Waals surface area contributed by atoms with Crippen LogP contribution in [-0.4, -0.2) is 48.2 Å². The Balaban J connectivity index is 1.60. The van der Waals surface area contributed by atoms with Gasteiger partial charge < -0.3 is 14.8 Å². The number of ether oxygens (including phenoxy) is 2. The molecule has 1 N–H and O–H groups in total. The standard InChI is InChI=1S/C19H21F4N3O3/c20-15-6-1-2-7-16(15)26-17(19(21,22)23)14(11-25-26)18(27)24-8-4-9-28-12-13-5-3-10-29-13/h1-2,6-7,11,13H,3-5,8-10,12H2,(H,24,27). The quantitative estimate of drug-likeness (QED) is 0.531. The topological polar surface area (TPSA) is 65.4 Å². The molecule has 0 saturated carbocycles. The summed E-state index contributed by atoms with van der Waals surface area (Å²) in [7, 11) is 0. The van der Waals surface area contributed by atoms with Gasteiger partial charge in [-0.25, -0.2) is 9.07 Å². The first-order valence-corrected chi connectivity index (χ1v) is 9.25. The third-order valence-corrected chi connectivity index (χ3v) is 4.44. The number of hydrogen-bond donors (Lipinski definition) is 1. The second-order valence-corrected chi connectivity index (χ2v) is 6.59. The van der Waals surface area contributed by atoms with Crippen LogP contribution in [0.1, 0.15) is 35.3 Å². The fourth-order valence-electron chi connectivity index (χ4n) is 3.06. The Kier molecular flexibility index (Phi) is 6.86. The molecule has 1 aliphatic heterocycles. The number of carbonyl (C=O) groups is 1. The van der Waals surface area contributed by atoms with Crippen LogP contribution in [-0.2, 0) is 15.7 Å². The van der Waals surface area contributed by atoms with E-state index in [0.29, 0.717) is 24.3 Å². The van der Waals surface area contributed by atoms with Gasteiger partial charge in [0.2, 0.25) is 0 Å². The highest BCUT2D eigenvalue weighted by Crippen LogP contribution is 2.34. The van der Waals surface area contributed by atoms with Crippen molar-refractivity contribution in [2.24, 2.45) is 0 Å². The van der Waals surface area contributed by atoms with Crippen LogP contribution in [0, 0.1) is 5.82 Å². The van der Waals surface area contributed by atoms with Crippen molar-refractivity contribution in [2.45, 2.75) is 31.5 Å². The number of carbonyl (C=O) groups excluding carboxylic acids is 1. The summed E-state index contributed by atoms with van der Waals surface area (Å²) in [6.07, 6.45) is -1.63. The molecule has 1 fully saturated rings. The van der Waals surface area contributed by atoms with Gasteiger partial charge in [0.1, 0.15) is 11.5 Å². The lowest BCUT2D eigenvalue weighted by Crippen LogP contribution is -2.28. The fraction of sp³-hybridized carbons (Fsp3) is 0.474. The number of benzene rings is 1. The summed E-state index contributed by atoms with van der Waals surface area (Å²) in [6, 6.07) is 4.92. The summed E-state index contributed by atoms with van der Waals surface area (Å²) in [5.74, 6) is -1.81. The average Bonchev–Trinajstić information content (AvgIpc) is 3.34. The Morgan fingerprint density at radius 2 is 2.14 bits per heavy atom. The first-order valence-electron chi connectivity index (χ1n) is 9.25. The van der Waals surface area contributed by atoms with Crippen LogP contribution < -0.4 is 5.32 Å². The van der Waals surface area contributed by atoms with Gasteiger partial charge in [-0.05, 0) is 31.4 Å². The zero-order valence-corrected chi connectivity index (χ0v) is 15.5. The fourth-order valence-corrected chi connectivity index (χ4v) is 3.06. The molecule has 3 rings (SSSR count). The van der Waals surface area contributed by atoms with E-state index in [1.807, 2.05) is 0 Å². The van der Waals surface area contributed by atoms with Crippen LogP contribution in [0.15, 0.2) is 30.5 Å². The number of halogens is 4. The van der Waals surface area contributed by atoms with Crippen molar-refractivity contribution in [3.8, 4) is 5.69 Å². The van der Waals surface area contributed by atoms with Crippen LogP contribution in [0.2, 0.25) is 0 Å². The maximum atomic E-state index is 13.9. The molecule has 1 unspecified atom stereocenters. The second kappa shape index (κ2) is 9.36. The van der Waals surface area contributed by atoms with E-state index in [9.17, 15) is 22.4 Å². The molecule has 1 amide bonds. The van der Waals surface area contributed by atoms with Crippen molar-refractivity contribution in [1.29, 1.82) is 0 Å². The van der Waals surface area contributed by atoms with Gasteiger partial charge in [-0.1, -0.05) is 12.1 Å². The summed E-state index contributed by atoms with van der Waals surface area (Å²) in [5, 5.41) is 6.02. The van der Waals surface area contributed by atoms with Gasteiger partial charge in [0, 0.05) is 19.8 Å². The molecule has 1 aromatic carbocycles. The molecule has 158 valence electrons. The lowest BCUT2D eigenvalue weighted by atomic mass is 10.2. The Labute approximate surface area is 164 Å². The largest absolute Gasteiger partial charge is 0.434 e. The van der Waals surface area contributed by atoms with E-state index in [1.165, 1.54) is 12.1 Å². The molecule has 2 heterocycles. The van der Waals surface area contributed by atoms with E-state index >= 15 is 0 Å². The molecule has 29 heavy (non-hydrogen) atoms. The average molecular weight is 415 g/mol. The summed E-state index contributed by atoms with van der Waals surface area (Å²) >= 11 is 0. The Morgan fingerprint density at radius 1 is 1.34 bits per heavy atom. The molecule has 1 atom stereocenters. The number of amides is 1. The summed E-state index contributed by atoms with van der Waals surface area (Å²) in [5.41, 5.74) is -2.38. The highest BCUT2D eigenvalue weighted by Gasteiger charge is 2.40. The maximum absolute atomic E-state index is 13.9. The number of aromatic nitrogens is 2. The molecule has 1 saturated heterocycles. The zero-order valence-electron chi connectivity index (χ0n) is 15.5.